The van der Waals surface area contributed by atoms with Gasteiger partial charge in [-0.3, -0.25) is 19.7 Å². The third-order valence-electron chi connectivity index (χ3n) is 5.75. The Hall–Kier alpha value is -4.11. The van der Waals surface area contributed by atoms with Crippen molar-refractivity contribution >= 4 is 29.1 Å². The van der Waals surface area contributed by atoms with Crippen molar-refractivity contribution in [3.05, 3.63) is 99.1 Å². The van der Waals surface area contributed by atoms with Crippen molar-refractivity contribution in [2.75, 3.05) is 13.7 Å². The number of hydrogen-bond donors (Lipinski definition) is 1. The van der Waals surface area contributed by atoms with Gasteiger partial charge in [0.2, 0.25) is 11.7 Å². The highest BCUT2D eigenvalue weighted by Crippen LogP contribution is 2.31. The standard InChI is InChI=1S/C29H32ClN3O6/c1-29(2,3)31-28(35)25(16-20-8-6-5-7-9-20)32(18-21-10-12-22(30)13-11-21)27(34)19-39-23-14-15-24(33(36)37)26(17-23)38-4/h5-15,17,25H,16,18-19H2,1-4H3,(H,31,35). The zero-order chi connectivity index (χ0) is 28.6. The molecule has 0 saturated heterocycles. The molecule has 0 aliphatic heterocycles. The van der Waals surface area contributed by atoms with E-state index >= 15 is 0 Å². The first kappa shape index (κ1) is 29.4. The number of amides is 2. The molecule has 0 bridgehead atoms. The van der Waals surface area contributed by atoms with E-state index < -0.39 is 29.0 Å². The van der Waals surface area contributed by atoms with Crippen LogP contribution in [0.3, 0.4) is 0 Å². The Morgan fingerprint density at radius 1 is 1.03 bits per heavy atom. The minimum Gasteiger partial charge on any atom is -0.490 e. The van der Waals surface area contributed by atoms with E-state index in [4.69, 9.17) is 21.1 Å². The number of benzene rings is 3. The highest BCUT2D eigenvalue weighted by Gasteiger charge is 2.32. The van der Waals surface area contributed by atoms with E-state index in [9.17, 15) is 19.7 Å². The molecule has 0 fully saturated rings. The summed E-state index contributed by atoms with van der Waals surface area (Å²) in [5, 5.41) is 14.8. The number of nitrogens with one attached hydrogen (secondary N) is 1. The van der Waals surface area contributed by atoms with E-state index in [2.05, 4.69) is 5.32 Å². The van der Waals surface area contributed by atoms with Crippen molar-refractivity contribution in [2.45, 2.75) is 45.3 Å². The molecule has 0 heterocycles. The molecule has 39 heavy (non-hydrogen) atoms. The maximum absolute atomic E-state index is 13.7. The molecular weight excluding hydrogens is 522 g/mol. The molecule has 0 spiro atoms. The molecule has 1 unspecified atom stereocenters. The van der Waals surface area contributed by atoms with Crippen LogP contribution in [-0.4, -0.2) is 46.9 Å². The summed E-state index contributed by atoms with van der Waals surface area (Å²) in [5.41, 5.74) is 0.933. The van der Waals surface area contributed by atoms with Gasteiger partial charge in [0.1, 0.15) is 11.8 Å². The smallest absolute Gasteiger partial charge is 0.311 e. The average molecular weight is 554 g/mol. The lowest BCUT2D eigenvalue weighted by molar-refractivity contribution is -0.385. The highest BCUT2D eigenvalue weighted by molar-refractivity contribution is 6.30. The molecule has 3 rings (SSSR count). The van der Waals surface area contributed by atoms with Gasteiger partial charge in [0.05, 0.1) is 12.0 Å². The van der Waals surface area contributed by atoms with E-state index in [1.165, 1.54) is 30.2 Å². The zero-order valence-electron chi connectivity index (χ0n) is 22.3. The Morgan fingerprint density at radius 2 is 1.69 bits per heavy atom. The van der Waals surface area contributed by atoms with E-state index in [0.29, 0.717) is 5.02 Å². The van der Waals surface area contributed by atoms with Crippen molar-refractivity contribution in [1.82, 2.24) is 10.2 Å². The number of carbonyl (C=O) groups excluding carboxylic acids is 2. The summed E-state index contributed by atoms with van der Waals surface area (Å²) >= 11 is 6.06. The van der Waals surface area contributed by atoms with Crippen LogP contribution in [0.2, 0.25) is 5.02 Å². The lowest BCUT2D eigenvalue weighted by Gasteiger charge is -2.33. The van der Waals surface area contributed by atoms with Crippen molar-refractivity contribution in [3.63, 3.8) is 0 Å². The van der Waals surface area contributed by atoms with Crippen LogP contribution in [0.15, 0.2) is 72.8 Å². The van der Waals surface area contributed by atoms with Crippen LogP contribution in [0.1, 0.15) is 31.9 Å². The van der Waals surface area contributed by atoms with Gasteiger partial charge >= 0.3 is 5.69 Å². The summed E-state index contributed by atoms with van der Waals surface area (Å²) < 4.78 is 10.8. The second-order valence-electron chi connectivity index (χ2n) is 9.97. The van der Waals surface area contributed by atoms with Gasteiger partial charge in [-0.15, -0.1) is 0 Å². The number of halogens is 1. The normalized spacial score (nSPS) is 11.8. The Labute approximate surface area is 232 Å². The second kappa shape index (κ2) is 13.1. The van der Waals surface area contributed by atoms with Gasteiger partial charge in [-0.05, 0) is 50.1 Å². The fourth-order valence-electron chi connectivity index (χ4n) is 3.92. The quantitative estimate of drug-likeness (QED) is 0.258. The number of rotatable bonds is 11. The SMILES string of the molecule is COc1cc(OCC(=O)N(Cc2ccc(Cl)cc2)C(Cc2ccccc2)C(=O)NC(C)(C)C)ccc1[N+](=O)[O-]. The number of nitro benzene ring substituents is 1. The van der Waals surface area contributed by atoms with Gasteiger partial charge in [-0.2, -0.15) is 0 Å². The van der Waals surface area contributed by atoms with Crippen LogP contribution < -0.4 is 14.8 Å². The monoisotopic (exact) mass is 553 g/mol. The van der Waals surface area contributed by atoms with E-state index in [0.717, 1.165) is 11.1 Å². The first-order chi connectivity index (χ1) is 18.5. The molecule has 9 nitrogen and oxygen atoms in total. The van der Waals surface area contributed by atoms with Gasteiger partial charge in [-0.25, -0.2) is 0 Å². The summed E-state index contributed by atoms with van der Waals surface area (Å²) in [4.78, 5) is 39.4. The molecule has 3 aromatic rings. The molecule has 1 N–H and O–H groups in total. The number of ether oxygens (including phenoxy) is 2. The van der Waals surface area contributed by atoms with Crippen molar-refractivity contribution in [2.24, 2.45) is 0 Å². The molecule has 0 aliphatic carbocycles. The molecule has 1 atom stereocenters. The Bertz CT molecular complexity index is 1290. The molecule has 3 aromatic carbocycles. The molecular formula is C29H32ClN3O6. The van der Waals surface area contributed by atoms with Gasteiger partial charge in [0.15, 0.2) is 6.61 Å². The van der Waals surface area contributed by atoms with Crippen LogP contribution in [0.4, 0.5) is 5.69 Å². The number of nitro groups is 1. The third kappa shape index (κ3) is 8.71. The first-order valence-electron chi connectivity index (χ1n) is 12.3. The Kier molecular flexibility index (Phi) is 9.89. The topological polar surface area (TPSA) is 111 Å². The summed E-state index contributed by atoms with van der Waals surface area (Å²) in [6, 6.07) is 19.6. The van der Waals surface area contributed by atoms with Gasteiger partial charge in [0, 0.05) is 35.7 Å². The number of methoxy groups -OCH3 is 1. The molecule has 206 valence electrons. The maximum atomic E-state index is 13.7. The molecule has 2 amide bonds. The van der Waals surface area contributed by atoms with Gasteiger partial charge in [-0.1, -0.05) is 54.1 Å². The van der Waals surface area contributed by atoms with Crippen molar-refractivity contribution in [3.8, 4) is 11.5 Å². The summed E-state index contributed by atoms with van der Waals surface area (Å²) in [6.07, 6.45) is 0.285. The second-order valence-corrected chi connectivity index (χ2v) is 10.4. The lowest BCUT2D eigenvalue weighted by Crippen LogP contribution is -2.55. The Balaban J connectivity index is 1.93. The zero-order valence-corrected chi connectivity index (χ0v) is 23.1. The number of nitrogens with zero attached hydrogens (tertiary/aromatic N) is 2. The minimum absolute atomic E-state index is 0.00878. The van der Waals surface area contributed by atoms with Crippen LogP contribution >= 0.6 is 11.6 Å². The number of carbonyl (C=O) groups is 2. The molecule has 0 aliphatic rings. The molecule has 0 saturated carbocycles. The summed E-state index contributed by atoms with van der Waals surface area (Å²) in [6.45, 7) is 5.36. The van der Waals surface area contributed by atoms with Crippen molar-refractivity contribution < 1.29 is 24.0 Å². The van der Waals surface area contributed by atoms with Crippen LogP contribution in [0.25, 0.3) is 0 Å². The summed E-state index contributed by atoms with van der Waals surface area (Å²) in [5.74, 6) is -0.511. The van der Waals surface area contributed by atoms with Gasteiger partial charge < -0.3 is 19.7 Å². The summed E-state index contributed by atoms with van der Waals surface area (Å²) in [7, 11) is 1.31. The average Bonchev–Trinajstić information content (AvgIpc) is 2.89. The maximum Gasteiger partial charge on any atom is 0.311 e. The molecule has 0 radical (unpaired) electrons. The Morgan fingerprint density at radius 3 is 2.28 bits per heavy atom. The van der Waals surface area contributed by atoms with Crippen LogP contribution in [0, 0.1) is 10.1 Å². The van der Waals surface area contributed by atoms with E-state index in [1.54, 1.807) is 24.3 Å². The van der Waals surface area contributed by atoms with E-state index in [-0.39, 0.29) is 36.1 Å². The first-order valence-corrected chi connectivity index (χ1v) is 12.7. The molecule has 10 heteroatoms. The predicted octanol–water partition coefficient (Wildman–Crippen LogP) is 5.19. The van der Waals surface area contributed by atoms with Crippen LogP contribution in [0.5, 0.6) is 11.5 Å². The van der Waals surface area contributed by atoms with Crippen LogP contribution in [-0.2, 0) is 22.6 Å². The fourth-order valence-corrected chi connectivity index (χ4v) is 4.05. The minimum atomic E-state index is -0.843. The highest BCUT2D eigenvalue weighted by atomic mass is 35.5. The third-order valence-corrected chi connectivity index (χ3v) is 6.00. The van der Waals surface area contributed by atoms with E-state index in [1.807, 2.05) is 51.1 Å². The lowest BCUT2D eigenvalue weighted by atomic mass is 10.0. The predicted molar refractivity (Wildman–Crippen MR) is 149 cm³/mol. The van der Waals surface area contributed by atoms with Gasteiger partial charge in [0.25, 0.3) is 5.91 Å². The molecule has 0 aromatic heterocycles. The fraction of sp³-hybridized carbons (Fsp3) is 0.310. The number of hydrogen-bond acceptors (Lipinski definition) is 6. The largest absolute Gasteiger partial charge is 0.490 e. The van der Waals surface area contributed by atoms with Crippen molar-refractivity contribution in [1.29, 1.82) is 0 Å².